The maximum Gasteiger partial charge on any atom is 0.259 e. The number of amides is 1. The Morgan fingerprint density at radius 2 is 1.78 bits per heavy atom. The first kappa shape index (κ1) is 22.1. The number of carbonyl (C=O) groups is 1. The summed E-state index contributed by atoms with van der Waals surface area (Å²) in [5, 5.41) is 8.07. The molecule has 4 rings (SSSR count). The number of nitrogens with one attached hydrogen (secondary N) is 1. The van der Waals surface area contributed by atoms with E-state index in [9.17, 15) is 9.18 Å². The number of hydrogen-bond acceptors (Lipinski definition) is 3. The molecule has 0 aliphatic carbocycles. The molecule has 0 spiro atoms. The zero-order valence-electron chi connectivity index (χ0n) is 17.6. The first-order valence-corrected chi connectivity index (χ1v) is 11.2. The van der Waals surface area contributed by atoms with Gasteiger partial charge in [-0.1, -0.05) is 53.7 Å². The van der Waals surface area contributed by atoms with Gasteiger partial charge in [-0.15, -0.1) is 0 Å². The molecule has 4 nitrogen and oxygen atoms in total. The van der Waals surface area contributed by atoms with Crippen molar-refractivity contribution in [2.45, 2.75) is 30.2 Å². The second-order valence-electron chi connectivity index (χ2n) is 7.34. The van der Waals surface area contributed by atoms with E-state index in [1.807, 2.05) is 54.9 Å². The molecule has 1 N–H and O–H groups in total. The topological polar surface area (TPSA) is 46.9 Å². The quantitative estimate of drug-likeness (QED) is 0.343. The second kappa shape index (κ2) is 9.59. The smallest absolute Gasteiger partial charge is 0.259 e. The van der Waals surface area contributed by atoms with Crippen LogP contribution in [-0.2, 0) is 6.54 Å². The summed E-state index contributed by atoms with van der Waals surface area (Å²) in [4.78, 5) is 14.9. The van der Waals surface area contributed by atoms with Crippen LogP contribution < -0.4 is 5.32 Å². The second-order valence-corrected chi connectivity index (χ2v) is 8.89. The number of aromatic nitrogens is 2. The molecule has 162 valence electrons. The van der Waals surface area contributed by atoms with Gasteiger partial charge in [0.15, 0.2) is 0 Å². The third-order valence-electron chi connectivity index (χ3n) is 5.01. The number of nitrogens with zero attached hydrogens (tertiary/aromatic N) is 2. The predicted octanol–water partition coefficient (Wildman–Crippen LogP) is 6.74. The molecule has 0 fully saturated rings. The number of benzene rings is 3. The molecule has 1 aromatic heterocycles. The van der Waals surface area contributed by atoms with Crippen LogP contribution in [0, 0.1) is 19.7 Å². The van der Waals surface area contributed by atoms with Gasteiger partial charge in [0.25, 0.3) is 5.91 Å². The number of carbonyl (C=O) groups excluding carboxylic acids is 1. The van der Waals surface area contributed by atoms with Crippen LogP contribution >= 0.6 is 23.4 Å². The summed E-state index contributed by atoms with van der Waals surface area (Å²) in [6.07, 6.45) is 0. The van der Waals surface area contributed by atoms with E-state index in [0.29, 0.717) is 28.5 Å². The Kier molecular flexibility index (Phi) is 6.63. The maximum atomic E-state index is 13.2. The van der Waals surface area contributed by atoms with Crippen molar-refractivity contribution in [3.05, 3.63) is 106 Å². The Balaban J connectivity index is 1.59. The van der Waals surface area contributed by atoms with Crippen LogP contribution in [0.25, 0.3) is 0 Å². The SMILES string of the molecule is Cc1nn(Cc2ccccc2)c(C)c1C(=O)Nc1cc(Cl)ccc1Sc1ccc(F)cc1. The molecular weight excluding hydrogens is 445 g/mol. The van der Waals surface area contributed by atoms with Crippen LogP contribution in [0.5, 0.6) is 0 Å². The summed E-state index contributed by atoms with van der Waals surface area (Å²) < 4.78 is 15.1. The largest absolute Gasteiger partial charge is 0.321 e. The number of aryl methyl sites for hydroxylation is 1. The van der Waals surface area contributed by atoms with Crippen LogP contribution in [0.4, 0.5) is 10.1 Å². The van der Waals surface area contributed by atoms with Crippen LogP contribution in [0.1, 0.15) is 27.3 Å². The van der Waals surface area contributed by atoms with Crippen molar-refractivity contribution in [2.24, 2.45) is 0 Å². The average molecular weight is 466 g/mol. The Morgan fingerprint density at radius 1 is 1.06 bits per heavy atom. The van der Waals surface area contributed by atoms with E-state index in [4.69, 9.17) is 11.6 Å². The van der Waals surface area contributed by atoms with Crippen LogP contribution in [0.2, 0.25) is 5.02 Å². The van der Waals surface area contributed by atoms with E-state index in [1.165, 1.54) is 23.9 Å². The minimum absolute atomic E-state index is 0.248. The highest BCUT2D eigenvalue weighted by atomic mass is 35.5. The van der Waals surface area contributed by atoms with Crippen molar-refractivity contribution < 1.29 is 9.18 Å². The van der Waals surface area contributed by atoms with Gasteiger partial charge in [-0.3, -0.25) is 9.48 Å². The molecule has 0 saturated carbocycles. The molecule has 7 heteroatoms. The third-order valence-corrected chi connectivity index (χ3v) is 6.33. The van der Waals surface area contributed by atoms with E-state index < -0.39 is 0 Å². The summed E-state index contributed by atoms with van der Waals surface area (Å²) >= 11 is 7.62. The average Bonchev–Trinajstić information content (AvgIpc) is 3.05. The van der Waals surface area contributed by atoms with Gasteiger partial charge in [0.1, 0.15) is 5.82 Å². The molecule has 0 saturated heterocycles. The highest BCUT2D eigenvalue weighted by molar-refractivity contribution is 7.99. The minimum Gasteiger partial charge on any atom is -0.321 e. The van der Waals surface area contributed by atoms with Gasteiger partial charge < -0.3 is 5.32 Å². The Labute approximate surface area is 195 Å². The Hall–Kier alpha value is -3.09. The molecule has 0 bridgehead atoms. The lowest BCUT2D eigenvalue weighted by Gasteiger charge is -2.12. The molecule has 0 unspecified atom stereocenters. The van der Waals surface area contributed by atoms with Gasteiger partial charge >= 0.3 is 0 Å². The zero-order valence-corrected chi connectivity index (χ0v) is 19.2. The van der Waals surface area contributed by atoms with Crippen LogP contribution in [0.3, 0.4) is 0 Å². The molecule has 4 aromatic rings. The summed E-state index contributed by atoms with van der Waals surface area (Å²) in [5.74, 6) is -0.542. The number of halogens is 2. The van der Waals surface area contributed by atoms with Gasteiger partial charge in [0, 0.05) is 20.5 Å². The Bertz CT molecular complexity index is 1260. The lowest BCUT2D eigenvalue weighted by Crippen LogP contribution is -2.15. The van der Waals surface area contributed by atoms with E-state index in [-0.39, 0.29) is 11.7 Å². The van der Waals surface area contributed by atoms with E-state index >= 15 is 0 Å². The van der Waals surface area contributed by atoms with Gasteiger partial charge in [0.2, 0.25) is 0 Å². The number of rotatable bonds is 6. The fraction of sp³-hybridized carbons (Fsp3) is 0.120. The van der Waals surface area contributed by atoms with Gasteiger partial charge in [-0.05, 0) is 61.9 Å². The standard InChI is InChI=1S/C25H21ClFN3OS/c1-16-24(17(2)30(29-16)15-18-6-4-3-5-7-18)25(31)28-22-14-19(26)8-13-23(22)32-21-11-9-20(27)10-12-21/h3-14H,15H2,1-2H3,(H,28,31). The van der Waals surface area contributed by atoms with Crippen molar-refractivity contribution in [1.29, 1.82) is 0 Å². The Morgan fingerprint density at radius 3 is 2.50 bits per heavy atom. The van der Waals surface area contributed by atoms with Gasteiger partial charge in [-0.25, -0.2) is 4.39 Å². The minimum atomic E-state index is -0.294. The van der Waals surface area contributed by atoms with Crippen molar-refractivity contribution in [3.63, 3.8) is 0 Å². The summed E-state index contributed by atoms with van der Waals surface area (Å²) in [7, 11) is 0. The third kappa shape index (κ3) is 5.03. The van der Waals surface area contributed by atoms with E-state index in [0.717, 1.165) is 21.0 Å². The monoisotopic (exact) mass is 465 g/mol. The van der Waals surface area contributed by atoms with Crippen molar-refractivity contribution >= 4 is 35.0 Å². The summed E-state index contributed by atoms with van der Waals surface area (Å²) in [6, 6.07) is 21.5. The summed E-state index contributed by atoms with van der Waals surface area (Å²) in [5.41, 5.74) is 3.69. The van der Waals surface area contributed by atoms with Gasteiger partial charge in [-0.2, -0.15) is 5.10 Å². The van der Waals surface area contributed by atoms with E-state index in [1.54, 1.807) is 24.3 Å². The van der Waals surface area contributed by atoms with Crippen molar-refractivity contribution in [3.8, 4) is 0 Å². The number of anilines is 1. The molecule has 0 radical (unpaired) electrons. The van der Waals surface area contributed by atoms with Crippen LogP contribution in [0.15, 0.2) is 82.6 Å². The van der Waals surface area contributed by atoms with Crippen molar-refractivity contribution in [2.75, 3.05) is 5.32 Å². The normalized spacial score (nSPS) is 10.9. The maximum absolute atomic E-state index is 13.2. The molecule has 0 atom stereocenters. The summed E-state index contributed by atoms with van der Waals surface area (Å²) in [6.45, 7) is 4.31. The van der Waals surface area contributed by atoms with Gasteiger partial charge in [0.05, 0.1) is 23.5 Å². The number of hydrogen-bond donors (Lipinski definition) is 1. The van der Waals surface area contributed by atoms with Crippen molar-refractivity contribution in [1.82, 2.24) is 9.78 Å². The fourth-order valence-electron chi connectivity index (χ4n) is 3.44. The molecule has 3 aromatic carbocycles. The lowest BCUT2D eigenvalue weighted by atomic mass is 10.1. The molecular formula is C25H21ClFN3OS. The molecule has 32 heavy (non-hydrogen) atoms. The first-order valence-electron chi connectivity index (χ1n) is 10.0. The molecule has 0 aliphatic rings. The highest BCUT2D eigenvalue weighted by Gasteiger charge is 2.20. The van der Waals surface area contributed by atoms with E-state index in [2.05, 4.69) is 10.4 Å². The lowest BCUT2D eigenvalue weighted by molar-refractivity contribution is 0.102. The zero-order chi connectivity index (χ0) is 22.7. The molecule has 1 amide bonds. The van der Waals surface area contributed by atoms with Crippen LogP contribution in [-0.4, -0.2) is 15.7 Å². The molecule has 1 heterocycles. The predicted molar refractivity (Wildman–Crippen MR) is 127 cm³/mol. The molecule has 0 aliphatic heterocycles. The first-order chi connectivity index (χ1) is 15.4. The fourth-order valence-corrected chi connectivity index (χ4v) is 4.49. The highest BCUT2D eigenvalue weighted by Crippen LogP contribution is 2.35.